The van der Waals surface area contributed by atoms with Gasteiger partial charge in [0.2, 0.25) is 0 Å². The van der Waals surface area contributed by atoms with Crippen molar-refractivity contribution >= 4 is 23.5 Å². The maximum absolute atomic E-state index is 13.2. The molecule has 0 bridgehead atoms. The van der Waals surface area contributed by atoms with E-state index in [0.717, 1.165) is 29.0 Å². The number of carbonyl (C=O) groups excluding carboxylic acids is 2. The summed E-state index contributed by atoms with van der Waals surface area (Å²) in [5.41, 5.74) is 3.48. The molecule has 2 aromatic rings. The zero-order valence-corrected chi connectivity index (χ0v) is 23.3. The zero-order chi connectivity index (χ0) is 26.6. The van der Waals surface area contributed by atoms with Crippen LogP contribution in [0.5, 0.6) is 0 Å². The topological polar surface area (TPSA) is 64.6 Å². The smallest absolute Gasteiger partial charge is 0.305 e. The summed E-state index contributed by atoms with van der Waals surface area (Å²) in [4.78, 5) is 24.7. The number of aryl methyl sites for hydroxylation is 1. The van der Waals surface area contributed by atoms with Gasteiger partial charge in [-0.1, -0.05) is 75.2 Å². The number of methoxy groups -OCH3 is 1. The molecule has 202 valence electrons. The third-order valence-electron chi connectivity index (χ3n) is 7.53. The van der Waals surface area contributed by atoms with E-state index in [0.29, 0.717) is 42.5 Å². The Balaban J connectivity index is 1.72. The number of ether oxygens (including phenoxy) is 2. The molecular weight excluding hydrogens is 486 g/mol. The Hall–Kier alpha value is -2.37. The van der Waals surface area contributed by atoms with E-state index in [9.17, 15) is 9.59 Å². The lowest BCUT2D eigenvalue weighted by molar-refractivity contribution is -0.141. The summed E-state index contributed by atoms with van der Waals surface area (Å²) in [5, 5.41) is 3.81. The largest absolute Gasteiger partial charge is 0.469 e. The summed E-state index contributed by atoms with van der Waals surface area (Å²) in [7, 11) is 1.39. The predicted molar refractivity (Wildman–Crippen MR) is 149 cm³/mol. The number of rotatable bonds is 13. The van der Waals surface area contributed by atoms with Gasteiger partial charge in [-0.15, -0.1) is 0 Å². The van der Waals surface area contributed by atoms with Crippen molar-refractivity contribution in [1.29, 1.82) is 0 Å². The molecule has 0 radical (unpaired) electrons. The second-order valence-corrected chi connectivity index (χ2v) is 10.7. The number of esters is 1. The van der Waals surface area contributed by atoms with Gasteiger partial charge in [-0.2, -0.15) is 0 Å². The quantitative estimate of drug-likeness (QED) is 0.217. The van der Waals surface area contributed by atoms with Crippen LogP contribution in [0.3, 0.4) is 0 Å². The minimum Gasteiger partial charge on any atom is -0.469 e. The summed E-state index contributed by atoms with van der Waals surface area (Å²) < 4.78 is 11.0. The van der Waals surface area contributed by atoms with Crippen molar-refractivity contribution < 1.29 is 19.1 Å². The van der Waals surface area contributed by atoms with Gasteiger partial charge < -0.3 is 14.8 Å². The number of hydrogen-bond donors (Lipinski definition) is 1. The van der Waals surface area contributed by atoms with Gasteiger partial charge >= 0.3 is 5.97 Å². The lowest BCUT2D eigenvalue weighted by atomic mass is 9.82. The Bertz CT molecular complexity index is 1020. The Morgan fingerprint density at radius 2 is 1.89 bits per heavy atom. The molecule has 0 aromatic heterocycles. The van der Waals surface area contributed by atoms with Gasteiger partial charge in [0.05, 0.1) is 7.11 Å². The maximum atomic E-state index is 13.2. The van der Waals surface area contributed by atoms with Crippen LogP contribution >= 0.6 is 11.6 Å². The Labute approximate surface area is 227 Å². The van der Waals surface area contributed by atoms with Crippen LogP contribution in [0.15, 0.2) is 42.5 Å². The fourth-order valence-electron chi connectivity index (χ4n) is 5.25. The molecule has 1 unspecified atom stereocenters. The van der Waals surface area contributed by atoms with E-state index in [1.165, 1.54) is 45.6 Å². The molecule has 0 heterocycles. The molecule has 0 saturated heterocycles. The van der Waals surface area contributed by atoms with Crippen molar-refractivity contribution in [2.75, 3.05) is 20.3 Å². The zero-order valence-electron chi connectivity index (χ0n) is 22.6. The summed E-state index contributed by atoms with van der Waals surface area (Å²) in [6.07, 6.45) is 9.42. The summed E-state index contributed by atoms with van der Waals surface area (Å²) in [5.74, 6) is 0.996. The molecule has 3 rings (SSSR count). The van der Waals surface area contributed by atoms with Crippen LogP contribution < -0.4 is 5.32 Å². The first-order valence-corrected chi connectivity index (χ1v) is 14.1. The van der Waals surface area contributed by atoms with Crippen molar-refractivity contribution in [2.45, 2.75) is 77.7 Å². The number of nitrogens with one attached hydrogen (secondary N) is 1. The van der Waals surface area contributed by atoms with Crippen LogP contribution in [0, 0.1) is 18.8 Å². The lowest BCUT2D eigenvalue weighted by Gasteiger charge is -2.26. The lowest BCUT2D eigenvalue weighted by Crippen LogP contribution is -2.30. The van der Waals surface area contributed by atoms with E-state index < -0.39 is 6.10 Å². The summed E-state index contributed by atoms with van der Waals surface area (Å²) in [6.45, 7) is 5.32. The first-order chi connectivity index (χ1) is 17.9. The fraction of sp³-hybridized carbons (Fsp3) is 0.548. The number of hydrogen-bond acceptors (Lipinski definition) is 4. The summed E-state index contributed by atoms with van der Waals surface area (Å²) in [6, 6.07) is 13.4. The Morgan fingerprint density at radius 1 is 1.11 bits per heavy atom. The van der Waals surface area contributed by atoms with Gasteiger partial charge in [0.1, 0.15) is 6.10 Å². The normalized spacial score (nSPS) is 15.7. The molecule has 0 spiro atoms. The second kappa shape index (κ2) is 15.1. The van der Waals surface area contributed by atoms with Gasteiger partial charge in [-0.25, -0.2) is 0 Å². The predicted octanol–water partition coefficient (Wildman–Crippen LogP) is 7.43. The van der Waals surface area contributed by atoms with Crippen molar-refractivity contribution in [3.63, 3.8) is 0 Å². The molecular formula is C31H42ClNO4. The number of halogens is 1. The third-order valence-corrected chi connectivity index (χ3v) is 7.77. The van der Waals surface area contributed by atoms with Gasteiger partial charge in [-0.3, -0.25) is 9.59 Å². The molecule has 1 fully saturated rings. The number of amides is 1. The van der Waals surface area contributed by atoms with Crippen LogP contribution in [0.4, 0.5) is 0 Å². The van der Waals surface area contributed by atoms with Crippen molar-refractivity contribution in [2.24, 2.45) is 11.8 Å². The molecule has 2 atom stereocenters. The fourth-order valence-corrected chi connectivity index (χ4v) is 5.45. The highest BCUT2D eigenvalue weighted by Gasteiger charge is 2.21. The standard InChI is InChI=1S/C31H42ClNO4/c1-4-23(18-24-10-6-5-7-11-24)21-33-31(35)26-16-15-22(2)28(20-26)30(25-12-8-13-27(32)19-25)37-17-9-14-29(34)36-3/h8,12-13,15-16,19-20,23-24,30H,4-7,9-11,14,17-18,21H2,1-3H3,(H,33,35)/t23?,30-/m0/s1. The van der Waals surface area contributed by atoms with Gasteiger partial charge in [0.25, 0.3) is 5.91 Å². The molecule has 1 amide bonds. The van der Waals surface area contributed by atoms with Gasteiger partial charge in [0.15, 0.2) is 0 Å². The molecule has 1 N–H and O–H groups in total. The van der Waals surface area contributed by atoms with Gasteiger partial charge in [-0.05, 0) is 72.6 Å². The van der Waals surface area contributed by atoms with Crippen molar-refractivity contribution in [1.82, 2.24) is 5.32 Å². The molecule has 2 aromatic carbocycles. The number of carbonyl (C=O) groups is 2. The SMILES string of the molecule is CCC(CNC(=O)c1ccc(C)c([C@@H](OCCCC(=O)OC)c2cccc(Cl)c2)c1)CC1CCCCC1. The molecule has 1 aliphatic rings. The van der Waals surface area contributed by atoms with E-state index in [2.05, 4.69) is 12.2 Å². The van der Waals surface area contributed by atoms with Crippen LogP contribution in [0.2, 0.25) is 5.02 Å². The first kappa shape index (κ1) is 29.2. The third kappa shape index (κ3) is 9.15. The van der Waals surface area contributed by atoms with E-state index in [1.807, 2.05) is 49.4 Å². The molecule has 37 heavy (non-hydrogen) atoms. The monoisotopic (exact) mass is 527 g/mol. The maximum Gasteiger partial charge on any atom is 0.305 e. The Kier molecular flexibility index (Phi) is 11.9. The molecule has 5 nitrogen and oxygen atoms in total. The highest BCUT2D eigenvalue weighted by molar-refractivity contribution is 6.30. The van der Waals surface area contributed by atoms with Gasteiger partial charge in [0, 0.05) is 30.2 Å². The Morgan fingerprint density at radius 3 is 2.59 bits per heavy atom. The van der Waals surface area contributed by atoms with Crippen LogP contribution in [-0.2, 0) is 14.3 Å². The van der Waals surface area contributed by atoms with Crippen LogP contribution in [0.1, 0.15) is 97.9 Å². The van der Waals surface area contributed by atoms with E-state index in [4.69, 9.17) is 21.1 Å². The highest BCUT2D eigenvalue weighted by atomic mass is 35.5. The summed E-state index contributed by atoms with van der Waals surface area (Å²) >= 11 is 6.29. The first-order valence-electron chi connectivity index (χ1n) is 13.7. The van der Waals surface area contributed by atoms with Crippen LogP contribution in [-0.4, -0.2) is 32.1 Å². The highest BCUT2D eigenvalue weighted by Crippen LogP contribution is 2.32. The average Bonchev–Trinajstić information content (AvgIpc) is 2.91. The average molecular weight is 528 g/mol. The molecule has 6 heteroatoms. The van der Waals surface area contributed by atoms with Crippen molar-refractivity contribution in [3.05, 3.63) is 69.7 Å². The molecule has 0 aliphatic heterocycles. The van der Waals surface area contributed by atoms with E-state index in [1.54, 1.807) is 0 Å². The minimum atomic E-state index is -0.404. The van der Waals surface area contributed by atoms with Crippen LogP contribution in [0.25, 0.3) is 0 Å². The van der Waals surface area contributed by atoms with E-state index in [-0.39, 0.29) is 11.9 Å². The van der Waals surface area contributed by atoms with Crippen molar-refractivity contribution in [3.8, 4) is 0 Å². The molecule has 1 saturated carbocycles. The van der Waals surface area contributed by atoms with E-state index >= 15 is 0 Å². The number of benzene rings is 2. The molecule has 1 aliphatic carbocycles. The minimum absolute atomic E-state index is 0.0566. The second-order valence-electron chi connectivity index (χ2n) is 10.3.